The summed E-state index contributed by atoms with van der Waals surface area (Å²) in [5, 5.41) is 14.1. The number of hydrogen-bond donors (Lipinski definition) is 3. The van der Waals surface area contributed by atoms with Gasteiger partial charge in [0.2, 0.25) is 0 Å². The molecule has 6 nitrogen and oxygen atoms in total. The van der Waals surface area contributed by atoms with Gasteiger partial charge in [0.1, 0.15) is 11.3 Å². The van der Waals surface area contributed by atoms with Gasteiger partial charge in [0.05, 0.1) is 23.9 Å². The number of carbonyl (C=O) groups excluding carboxylic acids is 1. The number of hydrogen-bond acceptors (Lipinski definition) is 4. The molecule has 3 N–H and O–H groups in total. The minimum atomic E-state index is -1.16. The van der Waals surface area contributed by atoms with Crippen LogP contribution < -0.4 is 5.32 Å². The fourth-order valence-electron chi connectivity index (χ4n) is 3.13. The third kappa shape index (κ3) is 3.61. The summed E-state index contributed by atoms with van der Waals surface area (Å²) in [5.41, 5.74) is 2.23. The van der Waals surface area contributed by atoms with Gasteiger partial charge in [-0.25, -0.2) is 9.97 Å². The van der Waals surface area contributed by atoms with Gasteiger partial charge in [-0.15, -0.1) is 0 Å². The number of amides is 1. The van der Waals surface area contributed by atoms with Gasteiger partial charge in [-0.1, -0.05) is 44.2 Å². The predicted molar refractivity (Wildman–Crippen MR) is 104 cm³/mol. The third-order valence-corrected chi connectivity index (χ3v) is 4.68. The molecule has 1 unspecified atom stereocenters. The molecule has 0 bridgehead atoms. The maximum atomic E-state index is 12.0. The molecule has 0 fully saturated rings. The van der Waals surface area contributed by atoms with E-state index in [1.807, 2.05) is 57.2 Å². The fourth-order valence-corrected chi connectivity index (χ4v) is 3.13. The summed E-state index contributed by atoms with van der Waals surface area (Å²) in [6.45, 7) is 6.36. The van der Waals surface area contributed by atoms with E-state index in [-0.39, 0.29) is 11.8 Å². The normalized spacial score (nSPS) is 13.4. The molecule has 1 aromatic carbocycles. The average Bonchev–Trinajstić information content (AvgIpc) is 3.23. The van der Waals surface area contributed by atoms with Crippen LogP contribution in [0, 0.1) is 5.92 Å². The van der Waals surface area contributed by atoms with Gasteiger partial charge in [-0.05, 0) is 30.5 Å². The van der Waals surface area contributed by atoms with Crippen molar-refractivity contribution in [3.05, 3.63) is 71.9 Å². The van der Waals surface area contributed by atoms with Crippen LogP contribution >= 0.6 is 0 Å². The molecule has 3 aromatic rings. The van der Waals surface area contributed by atoms with Crippen molar-refractivity contribution in [1.29, 1.82) is 0 Å². The van der Waals surface area contributed by atoms with Crippen molar-refractivity contribution in [2.75, 3.05) is 6.54 Å². The number of benzene rings is 1. The first kappa shape index (κ1) is 18.8. The Morgan fingerprint density at radius 2 is 1.96 bits per heavy atom. The van der Waals surface area contributed by atoms with Gasteiger partial charge < -0.3 is 15.4 Å². The van der Waals surface area contributed by atoms with E-state index in [1.165, 1.54) is 0 Å². The van der Waals surface area contributed by atoms with Crippen molar-refractivity contribution in [1.82, 2.24) is 20.3 Å². The summed E-state index contributed by atoms with van der Waals surface area (Å²) in [4.78, 5) is 23.5. The van der Waals surface area contributed by atoms with Crippen molar-refractivity contribution < 1.29 is 9.90 Å². The second-order valence-electron chi connectivity index (χ2n) is 6.73. The Morgan fingerprint density at radius 3 is 2.56 bits per heavy atom. The lowest BCUT2D eigenvalue weighted by Crippen LogP contribution is -2.33. The first-order valence-corrected chi connectivity index (χ1v) is 9.04. The van der Waals surface area contributed by atoms with E-state index in [1.54, 1.807) is 18.6 Å². The number of aromatic nitrogens is 3. The van der Waals surface area contributed by atoms with Crippen molar-refractivity contribution in [2.45, 2.75) is 26.4 Å². The molecule has 0 aliphatic heterocycles. The summed E-state index contributed by atoms with van der Waals surface area (Å²) >= 11 is 0. The monoisotopic (exact) mass is 364 g/mol. The Hall–Kier alpha value is -2.99. The van der Waals surface area contributed by atoms with Crippen LogP contribution in [0.4, 0.5) is 0 Å². The zero-order valence-corrected chi connectivity index (χ0v) is 15.7. The molecule has 2 heterocycles. The van der Waals surface area contributed by atoms with Crippen LogP contribution in [0.5, 0.6) is 0 Å². The minimum Gasteiger partial charge on any atom is -0.379 e. The third-order valence-electron chi connectivity index (χ3n) is 4.68. The summed E-state index contributed by atoms with van der Waals surface area (Å²) in [7, 11) is 0. The van der Waals surface area contributed by atoms with Crippen molar-refractivity contribution in [3.8, 4) is 11.3 Å². The van der Waals surface area contributed by atoms with Gasteiger partial charge in [-0.3, -0.25) is 4.79 Å². The fraction of sp³-hybridized carbons (Fsp3) is 0.286. The molecule has 0 radical (unpaired) electrons. The van der Waals surface area contributed by atoms with Gasteiger partial charge in [0.25, 0.3) is 5.91 Å². The van der Waals surface area contributed by atoms with E-state index in [0.29, 0.717) is 23.6 Å². The maximum Gasteiger partial charge on any atom is 0.269 e. The molecule has 3 rings (SSSR count). The highest BCUT2D eigenvalue weighted by atomic mass is 16.3. The number of nitrogens with zero attached hydrogens (tertiary/aromatic N) is 2. The lowest BCUT2D eigenvalue weighted by Gasteiger charge is -2.31. The highest BCUT2D eigenvalue weighted by molar-refractivity contribution is 5.92. The first-order chi connectivity index (χ1) is 13.0. The Balaban J connectivity index is 1.94. The summed E-state index contributed by atoms with van der Waals surface area (Å²) < 4.78 is 0. The van der Waals surface area contributed by atoms with Crippen molar-refractivity contribution in [3.63, 3.8) is 0 Å². The molecular formula is C21H24N4O2. The SMILES string of the molecule is CCNC(=O)c1cccc(-c2ccc(C(O)(c3cnc[nH]3)C(C)C)cc2)n1. The van der Waals surface area contributed by atoms with Crippen molar-refractivity contribution in [2.24, 2.45) is 5.92 Å². The number of imidazole rings is 1. The second kappa shape index (κ2) is 7.72. The number of rotatable bonds is 6. The van der Waals surface area contributed by atoms with E-state index in [0.717, 1.165) is 11.1 Å². The van der Waals surface area contributed by atoms with Gasteiger partial charge in [-0.2, -0.15) is 0 Å². The summed E-state index contributed by atoms with van der Waals surface area (Å²) in [5.74, 6) is -0.243. The van der Waals surface area contributed by atoms with E-state index >= 15 is 0 Å². The smallest absolute Gasteiger partial charge is 0.269 e. The number of aliphatic hydroxyl groups is 1. The molecule has 0 spiro atoms. The number of H-pyrrole nitrogens is 1. The molecule has 0 saturated heterocycles. The molecule has 2 aromatic heterocycles. The number of aromatic amines is 1. The van der Waals surface area contributed by atoms with Gasteiger partial charge >= 0.3 is 0 Å². The second-order valence-corrected chi connectivity index (χ2v) is 6.73. The predicted octanol–water partition coefficient (Wildman–Crippen LogP) is 3.11. The van der Waals surface area contributed by atoms with Crippen LogP contribution in [0.2, 0.25) is 0 Å². The molecule has 1 atom stereocenters. The van der Waals surface area contributed by atoms with Crippen molar-refractivity contribution >= 4 is 5.91 Å². The van der Waals surface area contributed by atoms with Crippen LogP contribution in [0.1, 0.15) is 42.5 Å². The largest absolute Gasteiger partial charge is 0.379 e. The molecule has 1 amide bonds. The minimum absolute atomic E-state index is 0.0528. The van der Waals surface area contributed by atoms with E-state index in [9.17, 15) is 9.90 Å². The number of nitrogens with one attached hydrogen (secondary N) is 2. The zero-order chi connectivity index (χ0) is 19.4. The van der Waals surface area contributed by atoms with E-state index < -0.39 is 5.60 Å². The van der Waals surface area contributed by atoms with Crippen LogP contribution in [-0.2, 0) is 5.60 Å². The Labute approximate surface area is 158 Å². The molecule has 0 aliphatic rings. The Kier molecular flexibility index (Phi) is 5.37. The summed E-state index contributed by atoms with van der Waals surface area (Å²) in [6, 6.07) is 13.0. The van der Waals surface area contributed by atoms with Crippen LogP contribution in [-0.4, -0.2) is 32.5 Å². The van der Waals surface area contributed by atoms with Crippen LogP contribution in [0.15, 0.2) is 55.0 Å². The lowest BCUT2D eigenvalue weighted by atomic mass is 9.80. The topological polar surface area (TPSA) is 90.9 Å². The Bertz CT molecular complexity index is 904. The van der Waals surface area contributed by atoms with Crippen LogP contribution in [0.3, 0.4) is 0 Å². The highest BCUT2D eigenvalue weighted by Gasteiger charge is 2.36. The maximum absolute atomic E-state index is 12.0. The number of carbonyl (C=O) groups is 1. The molecule has 6 heteroatoms. The summed E-state index contributed by atoms with van der Waals surface area (Å²) in [6.07, 6.45) is 3.21. The van der Waals surface area contributed by atoms with Gasteiger partial charge in [0, 0.05) is 12.1 Å². The standard InChI is InChI=1S/C21H24N4O2/c1-4-23-20(26)18-7-5-6-17(25-18)15-8-10-16(11-9-15)21(27,14(2)3)19-12-22-13-24-19/h5-14,27H,4H2,1-3H3,(H,22,24)(H,23,26). The Morgan fingerprint density at radius 1 is 1.22 bits per heavy atom. The zero-order valence-electron chi connectivity index (χ0n) is 15.7. The van der Waals surface area contributed by atoms with Crippen LogP contribution in [0.25, 0.3) is 11.3 Å². The quantitative estimate of drug-likeness (QED) is 0.627. The molecule has 0 saturated carbocycles. The highest BCUT2D eigenvalue weighted by Crippen LogP contribution is 2.36. The molecular weight excluding hydrogens is 340 g/mol. The lowest BCUT2D eigenvalue weighted by molar-refractivity contribution is 0.0279. The van der Waals surface area contributed by atoms with Gasteiger partial charge in [0.15, 0.2) is 0 Å². The average molecular weight is 364 g/mol. The molecule has 140 valence electrons. The number of pyridine rings is 1. The molecule has 0 aliphatic carbocycles. The van der Waals surface area contributed by atoms with E-state index in [4.69, 9.17) is 0 Å². The first-order valence-electron chi connectivity index (χ1n) is 9.04. The molecule has 27 heavy (non-hydrogen) atoms. The van der Waals surface area contributed by atoms with E-state index in [2.05, 4.69) is 20.3 Å².